The summed E-state index contributed by atoms with van der Waals surface area (Å²) in [7, 11) is 1.63. The first-order valence-corrected chi connectivity index (χ1v) is 4.83. The van der Waals surface area contributed by atoms with Crippen LogP contribution in [0.3, 0.4) is 0 Å². The first-order valence-electron chi connectivity index (χ1n) is 4.83. The first kappa shape index (κ1) is 9.46. The van der Waals surface area contributed by atoms with Gasteiger partial charge >= 0.3 is 0 Å². The van der Waals surface area contributed by atoms with Gasteiger partial charge in [0.2, 0.25) is 5.88 Å². The number of nitrogens with two attached hydrogens (primary N) is 1. The molecular weight excluding hydrogens is 176 g/mol. The molecule has 1 aliphatic rings. The van der Waals surface area contributed by atoms with Crippen molar-refractivity contribution in [2.75, 3.05) is 7.11 Å². The van der Waals surface area contributed by atoms with Crippen LogP contribution in [0, 0.1) is 5.41 Å². The summed E-state index contributed by atoms with van der Waals surface area (Å²) in [5.41, 5.74) is 7.45. The Balaban J connectivity index is 2.26. The van der Waals surface area contributed by atoms with Crippen LogP contribution < -0.4 is 10.5 Å². The highest BCUT2D eigenvalue weighted by molar-refractivity contribution is 5.35. The molecule has 76 valence electrons. The molecule has 1 saturated carbocycles. The van der Waals surface area contributed by atoms with Crippen molar-refractivity contribution < 1.29 is 4.74 Å². The fraction of sp³-hybridized carbons (Fsp3) is 0.545. The van der Waals surface area contributed by atoms with Crippen molar-refractivity contribution >= 4 is 0 Å². The molecule has 2 N–H and O–H groups in total. The van der Waals surface area contributed by atoms with Gasteiger partial charge in [-0.25, -0.2) is 4.98 Å². The molecule has 0 radical (unpaired) electrons. The van der Waals surface area contributed by atoms with Gasteiger partial charge in [-0.05, 0) is 17.0 Å². The van der Waals surface area contributed by atoms with Gasteiger partial charge in [0.15, 0.2) is 0 Å². The summed E-state index contributed by atoms with van der Waals surface area (Å²) in [6.07, 6.45) is 1.77. The topological polar surface area (TPSA) is 48.1 Å². The second-order valence-electron chi connectivity index (χ2n) is 4.46. The second kappa shape index (κ2) is 2.95. The van der Waals surface area contributed by atoms with Gasteiger partial charge in [-0.2, -0.15) is 0 Å². The van der Waals surface area contributed by atoms with Crippen LogP contribution >= 0.6 is 0 Å². The fourth-order valence-corrected chi connectivity index (χ4v) is 2.04. The van der Waals surface area contributed by atoms with Crippen molar-refractivity contribution in [3.8, 4) is 5.88 Å². The highest BCUT2D eigenvalue weighted by Crippen LogP contribution is 2.57. The normalized spacial score (nSPS) is 28.6. The van der Waals surface area contributed by atoms with E-state index in [4.69, 9.17) is 10.5 Å². The molecular formula is C11H16N2O. The molecule has 2 unspecified atom stereocenters. The van der Waals surface area contributed by atoms with Crippen molar-refractivity contribution in [2.45, 2.75) is 25.8 Å². The number of nitrogens with zero attached hydrogens (tertiary/aromatic N) is 1. The quantitative estimate of drug-likeness (QED) is 0.773. The van der Waals surface area contributed by atoms with Crippen molar-refractivity contribution in [1.29, 1.82) is 0 Å². The van der Waals surface area contributed by atoms with Crippen molar-refractivity contribution in [2.24, 2.45) is 11.1 Å². The number of pyridine rings is 1. The van der Waals surface area contributed by atoms with E-state index in [0.717, 1.165) is 0 Å². The van der Waals surface area contributed by atoms with Crippen LogP contribution in [0.4, 0.5) is 0 Å². The highest BCUT2D eigenvalue weighted by atomic mass is 16.5. The van der Waals surface area contributed by atoms with E-state index in [2.05, 4.69) is 18.8 Å². The van der Waals surface area contributed by atoms with Gasteiger partial charge in [0.05, 0.1) is 7.11 Å². The van der Waals surface area contributed by atoms with Gasteiger partial charge in [-0.1, -0.05) is 13.8 Å². The number of rotatable bonds is 2. The summed E-state index contributed by atoms with van der Waals surface area (Å²) >= 11 is 0. The Labute approximate surface area is 84.3 Å². The molecule has 14 heavy (non-hydrogen) atoms. The van der Waals surface area contributed by atoms with Gasteiger partial charge in [0.1, 0.15) is 0 Å². The summed E-state index contributed by atoms with van der Waals surface area (Å²) in [6, 6.07) is 4.25. The average molecular weight is 192 g/mol. The molecule has 0 saturated heterocycles. The van der Waals surface area contributed by atoms with E-state index in [1.165, 1.54) is 5.56 Å². The van der Waals surface area contributed by atoms with E-state index in [0.29, 0.717) is 11.8 Å². The first-order chi connectivity index (χ1) is 6.57. The van der Waals surface area contributed by atoms with E-state index in [1.807, 2.05) is 12.1 Å². The maximum atomic E-state index is 6.01. The van der Waals surface area contributed by atoms with Crippen LogP contribution in [-0.4, -0.2) is 18.1 Å². The average Bonchev–Trinajstić information content (AvgIpc) is 2.66. The minimum Gasteiger partial charge on any atom is -0.481 e. The van der Waals surface area contributed by atoms with E-state index < -0.39 is 0 Å². The Kier molecular flexibility index (Phi) is 2.00. The number of aromatic nitrogens is 1. The van der Waals surface area contributed by atoms with Crippen LogP contribution in [0.1, 0.15) is 25.3 Å². The third-order valence-electron chi connectivity index (χ3n) is 3.24. The minimum absolute atomic E-state index is 0.215. The second-order valence-corrected chi connectivity index (χ2v) is 4.46. The molecule has 1 aliphatic carbocycles. The molecule has 0 amide bonds. The van der Waals surface area contributed by atoms with E-state index in [1.54, 1.807) is 13.3 Å². The van der Waals surface area contributed by atoms with Crippen molar-refractivity contribution in [3.63, 3.8) is 0 Å². The zero-order chi connectivity index (χ0) is 10.3. The van der Waals surface area contributed by atoms with Crippen molar-refractivity contribution in [1.82, 2.24) is 4.98 Å². The Morgan fingerprint density at radius 3 is 2.64 bits per heavy atom. The Morgan fingerprint density at radius 2 is 2.14 bits per heavy atom. The lowest BCUT2D eigenvalue weighted by Crippen LogP contribution is -2.06. The SMILES string of the molecule is COc1cc(C2C(N)C2(C)C)ccn1. The lowest BCUT2D eigenvalue weighted by Gasteiger charge is -2.04. The molecule has 2 rings (SSSR count). The van der Waals surface area contributed by atoms with Crippen LogP contribution in [0.15, 0.2) is 18.3 Å². The molecule has 1 heterocycles. The van der Waals surface area contributed by atoms with Crippen LogP contribution in [0.25, 0.3) is 0 Å². The van der Waals surface area contributed by atoms with Gasteiger partial charge in [-0.3, -0.25) is 0 Å². The highest BCUT2D eigenvalue weighted by Gasteiger charge is 2.56. The molecule has 1 aromatic rings. The zero-order valence-electron chi connectivity index (χ0n) is 8.82. The molecule has 0 aliphatic heterocycles. The monoisotopic (exact) mass is 192 g/mol. The van der Waals surface area contributed by atoms with Crippen LogP contribution in [-0.2, 0) is 0 Å². The third kappa shape index (κ3) is 1.28. The maximum Gasteiger partial charge on any atom is 0.213 e. The number of ether oxygens (including phenoxy) is 1. The zero-order valence-corrected chi connectivity index (χ0v) is 8.82. The summed E-state index contributed by atoms with van der Waals surface area (Å²) in [4.78, 5) is 4.08. The van der Waals surface area contributed by atoms with E-state index in [-0.39, 0.29) is 11.5 Å². The molecule has 1 aromatic heterocycles. The number of methoxy groups -OCH3 is 1. The van der Waals surface area contributed by atoms with Gasteiger partial charge < -0.3 is 10.5 Å². The van der Waals surface area contributed by atoms with Crippen LogP contribution in [0.5, 0.6) is 5.88 Å². The molecule has 2 atom stereocenters. The Hall–Kier alpha value is -1.09. The minimum atomic E-state index is 0.215. The molecule has 3 nitrogen and oxygen atoms in total. The molecule has 0 aromatic carbocycles. The standard InChI is InChI=1S/C11H16N2O/c1-11(2)9(10(11)12)7-4-5-13-8(6-7)14-3/h4-6,9-10H,12H2,1-3H3. The fourth-order valence-electron chi connectivity index (χ4n) is 2.04. The third-order valence-corrected chi connectivity index (χ3v) is 3.24. The van der Waals surface area contributed by atoms with Crippen LogP contribution in [0.2, 0.25) is 0 Å². The molecule has 0 spiro atoms. The maximum absolute atomic E-state index is 6.01. The number of hydrogen-bond donors (Lipinski definition) is 1. The number of hydrogen-bond acceptors (Lipinski definition) is 3. The van der Waals surface area contributed by atoms with Crippen molar-refractivity contribution in [3.05, 3.63) is 23.9 Å². The Morgan fingerprint density at radius 1 is 1.50 bits per heavy atom. The predicted molar refractivity (Wildman–Crippen MR) is 55.3 cm³/mol. The van der Waals surface area contributed by atoms with E-state index in [9.17, 15) is 0 Å². The summed E-state index contributed by atoms with van der Waals surface area (Å²) < 4.78 is 5.08. The lowest BCUT2D eigenvalue weighted by molar-refractivity contribution is 0.397. The van der Waals surface area contributed by atoms with Gasteiger partial charge in [0.25, 0.3) is 0 Å². The summed E-state index contributed by atoms with van der Waals surface area (Å²) in [5, 5.41) is 0. The summed E-state index contributed by atoms with van der Waals surface area (Å²) in [6.45, 7) is 4.38. The smallest absolute Gasteiger partial charge is 0.213 e. The largest absolute Gasteiger partial charge is 0.481 e. The lowest BCUT2D eigenvalue weighted by atomic mass is 10.0. The molecule has 3 heteroatoms. The van der Waals surface area contributed by atoms with Gasteiger partial charge in [-0.15, -0.1) is 0 Å². The predicted octanol–water partition coefficient (Wildman–Crippen LogP) is 1.54. The Bertz CT molecular complexity index is 349. The molecule has 0 bridgehead atoms. The van der Waals surface area contributed by atoms with E-state index >= 15 is 0 Å². The summed E-state index contributed by atoms with van der Waals surface area (Å²) in [5.74, 6) is 1.11. The molecule has 1 fully saturated rings. The van der Waals surface area contributed by atoms with Gasteiger partial charge in [0, 0.05) is 24.2 Å².